The van der Waals surface area contributed by atoms with Crippen molar-refractivity contribution in [1.29, 1.82) is 0 Å². The van der Waals surface area contributed by atoms with Gasteiger partial charge in [-0.1, -0.05) is 96.8 Å². The average molecular weight is 373 g/mol. The normalized spacial score (nSPS) is 10.1. The van der Waals surface area contributed by atoms with E-state index in [4.69, 9.17) is 10.2 Å². The molecule has 0 aromatic carbocycles. The Morgan fingerprint density at radius 3 is 1.08 bits per heavy atom. The molecule has 0 amide bonds. The fourth-order valence-electron chi connectivity index (χ4n) is 2.65. The van der Waals surface area contributed by atoms with Gasteiger partial charge in [0.05, 0.1) is 0 Å². The molecule has 0 aliphatic heterocycles. The van der Waals surface area contributed by atoms with E-state index in [0.29, 0.717) is 6.42 Å². The van der Waals surface area contributed by atoms with Crippen molar-refractivity contribution in [1.82, 2.24) is 0 Å². The zero-order chi connectivity index (χ0) is 20.0. The van der Waals surface area contributed by atoms with Crippen molar-refractivity contribution in [3.05, 3.63) is 0 Å². The molecule has 0 saturated carbocycles. The van der Waals surface area contributed by atoms with E-state index in [1.54, 1.807) is 0 Å². The molecule has 154 valence electrons. The van der Waals surface area contributed by atoms with Crippen LogP contribution in [0.2, 0.25) is 0 Å². The minimum absolute atomic E-state index is 0.345. The minimum atomic E-state index is -1.38. The maximum Gasteiger partial charge on any atom is 0.371 e. The Hall–Kier alpha value is -1.39. The second-order valence-electron chi connectivity index (χ2n) is 6.95. The first-order valence-electron chi connectivity index (χ1n) is 10.4. The summed E-state index contributed by atoms with van der Waals surface area (Å²) < 4.78 is 0. The van der Waals surface area contributed by atoms with E-state index in [9.17, 15) is 14.4 Å². The van der Waals surface area contributed by atoms with Gasteiger partial charge in [-0.05, 0) is 6.42 Å². The summed E-state index contributed by atoms with van der Waals surface area (Å²) in [6.07, 6.45) is 20.2. The van der Waals surface area contributed by atoms with Gasteiger partial charge in [-0.3, -0.25) is 9.59 Å². The van der Waals surface area contributed by atoms with Crippen LogP contribution in [0.5, 0.6) is 0 Å². The largest absolute Gasteiger partial charge is 0.481 e. The number of Topliss-reactive ketones (excluding diaryl/α,β-unsaturated/α-hetero) is 1. The number of carbonyl (C=O) groups is 3. The quantitative estimate of drug-likeness (QED) is 0.241. The SMILES string of the molecule is CC(=O)C(=O)O.CCCCCCCCCCCCCCCCCC(=O)O. The fourth-order valence-corrected chi connectivity index (χ4v) is 2.65. The molecule has 0 atom stereocenters. The Balaban J connectivity index is 0. The van der Waals surface area contributed by atoms with Crippen LogP contribution in [-0.4, -0.2) is 27.9 Å². The second-order valence-corrected chi connectivity index (χ2v) is 6.95. The number of hydrogen-bond donors (Lipinski definition) is 2. The van der Waals surface area contributed by atoms with Crippen molar-refractivity contribution in [2.45, 2.75) is 117 Å². The minimum Gasteiger partial charge on any atom is -0.481 e. The van der Waals surface area contributed by atoms with Crippen molar-refractivity contribution >= 4 is 17.7 Å². The van der Waals surface area contributed by atoms with Crippen molar-refractivity contribution in [3.8, 4) is 0 Å². The molecular formula is C21H40O5. The van der Waals surface area contributed by atoms with Crippen LogP contribution in [-0.2, 0) is 14.4 Å². The molecule has 0 fully saturated rings. The molecule has 0 spiro atoms. The number of rotatable bonds is 17. The smallest absolute Gasteiger partial charge is 0.371 e. The van der Waals surface area contributed by atoms with Crippen LogP contribution >= 0.6 is 0 Å². The van der Waals surface area contributed by atoms with Crippen LogP contribution in [0.1, 0.15) is 117 Å². The van der Waals surface area contributed by atoms with Crippen LogP contribution in [0.3, 0.4) is 0 Å². The molecule has 5 nitrogen and oxygen atoms in total. The molecule has 2 N–H and O–H groups in total. The zero-order valence-corrected chi connectivity index (χ0v) is 16.9. The van der Waals surface area contributed by atoms with Crippen molar-refractivity contribution in [2.24, 2.45) is 0 Å². The Labute approximate surface area is 159 Å². The number of ketones is 1. The maximum absolute atomic E-state index is 10.3. The lowest BCUT2D eigenvalue weighted by Crippen LogP contribution is -2.05. The highest BCUT2D eigenvalue weighted by Gasteiger charge is 1.99. The van der Waals surface area contributed by atoms with E-state index in [1.807, 2.05) is 0 Å². The number of carboxylic acids is 2. The van der Waals surface area contributed by atoms with Gasteiger partial charge in [0.15, 0.2) is 0 Å². The molecule has 26 heavy (non-hydrogen) atoms. The summed E-state index contributed by atoms with van der Waals surface area (Å²) in [5.41, 5.74) is 0. The van der Waals surface area contributed by atoms with Crippen LogP contribution in [0.25, 0.3) is 0 Å². The van der Waals surface area contributed by atoms with Crippen molar-refractivity contribution in [3.63, 3.8) is 0 Å². The number of aliphatic carboxylic acids is 2. The highest BCUT2D eigenvalue weighted by molar-refractivity contribution is 6.31. The molecule has 0 aromatic heterocycles. The lowest BCUT2D eigenvalue weighted by molar-refractivity contribution is -0.148. The van der Waals surface area contributed by atoms with Gasteiger partial charge >= 0.3 is 11.9 Å². The van der Waals surface area contributed by atoms with Gasteiger partial charge in [0.2, 0.25) is 5.78 Å². The molecule has 0 aliphatic rings. The first kappa shape index (κ1) is 26.8. The summed E-state index contributed by atoms with van der Waals surface area (Å²) >= 11 is 0. The first-order chi connectivity index (χ1) is 12.4. The number of unbranched alkanes of at least 4 members (excludes halogenated alkanes) is 14. The van der Waals surface area contributed by atoms with E-state index in [2.05, 4.69) is 6.92 Å². The molecule has 0 saturated heterocycles. The predicted molar refractivity (Wildman–Crippen MR) is 105 cm³/mol. The van der Waals surface area contributed by atoms with E-state index in [0.717, 1.165) is 19.8 Å². The third-order valence-electron chi connectivity index (χ3n) is 4.30. The van der Waals surface area contributed by atoms with Crippen LogP contribution < -0.4 is 0 Å². The van der Waals surface area contributed by atoms with Gasteiger partial charge in [-0.2, -0.15) is 0 Å². The summed E-state index contributed by atoms with van der Waals surface area (Å²) in [6.45, 7) is 3.27. The molecular weight excluding hydrogens is 332 g/mol. The standard InChI is InChI=1S/C18H36O2.C3H4O3/c1-2-3-4-5-6-7-8-9-10-11-12-13-14-15-16-17-18(19)20;1-2(4)3(5)6/h2-17H2,1H3,(H,19,20);1H3,(H,5,6). The van der Waals surface area contributed by atoms with Crippen LogP contribution in [0.4, 0.5) is 0 Å². The van der Waals surface area contributed by atoms with Crippen molar-refractivity contribution in [2.75, 3.05) is 0 Å². The third kappa shape index (κ3) is 27.5. The molecule has 5 heteroatoms. The highest BCUT2D eigenvalue weighted by Crippen LogP contribution is 2.13. The zero-order valence-electron chi connectivity index (χ0n) is 16.9. The fraction of sp³-hybridized carbons (Fsp3) is 0.857. The molecule has 0 bridgehead atoms. The summed E-state index contributed by atoms with van der Waals surface area (Å²) in [5.74, 6) is -2.86. The number of carboxylic acid groups (broad SMARTS) is 2. The monoisotopic (exact) mass is 372 g/mol. The van der Waals surface area contributed by atoms with Gasteiger partial charge in [0.25, 0.3) is 0 Å². The summed E-state index contributed by atoms with van der Waals surface area (Å²) in [7, 11) is 0. The summed E-state index contributed by atoms with van der Waals surface area (Å²) in [4.78, 5) is 29.2. The summed E-state index contributed by atoms with van der Waals surface area (Å²) in [6, 6.07) is 0. The Morgan fingerprint density at radius 2 is 0.846 bits per heavy atom. The topological polar surface area (TPSA) is 91.7 Å². The van der Waals surface area contributed by atoms with Gasteiger partial charge in [0.1, 0.15) is 0 Å². The maximum atomic E-state index is 10.3. The average Bonchev–Trinajstić information content (AvgIpc) is 2.58. The first-order valence-corrected chi connectivity index (χ1v) is 10.4. The van der Waals surface area contributed by atoms with Gasteiger partial charge in [-0.25, -0.2) is 4.79 Å². The van der Waals surface area contributed by atoms with Crippen molar-refractivity contribution < 1.29 is 24.6 Å². The predicted octanol–water partition coefficient (Wildman–Crippen LogP) is 5.99. The molecule has 0 rings (SSSR count). The molecule has 0 aromatic rings. The van der Waals surface area contributed by atoms with E-state index >= 15 is 0 Å². The molecule has 0 radical (unpaired) electrons. The lowest BCUT2D eigenvalue weighted by Gasteiger charge is -2.03. The molecule has 0 aliphatic carbocycles. The number of hydrogen-bond acceptors (Lipinski definition) is 3. The van der Waals surface area contributed by atoms with Gasteiger partial charge in [-0.15, -0.1) is 0 Å². The second kappa shape index (κ2) is 21.7. The summed E-state index contributed by atoms with van der Waals surface area (Å²) in [5, 5.41) is 16.2. The Morgan fingerprint density at radius 1 is 0.577 bits per heavy atom. The molecule has 0 heterocycles. The van der Waals surface area contributed by atoms with Gasteiger partial charge < -0.3 is 10.2 Å². The van der Waals surface area contributed by atoms with Crippen LogP contribution in [0.15, 0.2) is 0 Å². The molecule has 0 unspecified atom stereocenters. The van der Waals surface area contributed by atoms with E-state index in [-0.39, 0.29) is 0 Å². The Bertz CT molecular complexity index is 340. The van der Waals surface area contributed by atoms with E-state index < -0.39 is 17.7 Å². The van der Waals surface area contributed by atoms with Crippen LogP contribution in [0, 0.1) is 0 Å². The lowest BCUT2D eigenvalue weighted by atomic mass is 10.0. The Kier molecular flexibility index (Phi) is 22.3. The van der Waals surface area contributed by atoms with Gasteiger partial charge in [0, 0.05) is 13.3 Å². The highest BCUT2D eigenvalue weighted by atomic mass is 16.4. The van der Waals surface area contributed by atoms with E-state index in [1.165, 1.54) is 83.5 Å². The third-order valence-corrected chi connectivity index (χ3v) is 4.30. The number of carbonyl (C=O) groups excluding carboxylic acids is 1.